The summed E-state index contributed by atoms with van der Waals surface area (Å²) in [5.41, 5.74) is 4.17. The lowest BCUT2D eigenvalue weighted by Crippen LogP contribution is -2.43. The van der Waals surface area contributed by atoms with Gasteiger partial charge in [-0.2, -0.15) is 4.98 Å². The van der Waals surface area contributed by atoms with Crippen LogP contribution in [-0.2, 0) is 19.4 Å². The third-order valence-corrected chi connectivity index (χ3v) is 7.79. The first-order valence-corrected chi connectivity index (χ1v) is 13.5. The van der Waals surface area contributed by atoms with E-state index in [0.29, 0.717) is 6.04 Å². The summed E-state index contributed by atoms with van der Waals surface area (Å²) >= 11 is 0. The van der Waals surface area contributed by atoms with Gasteiger partial charge in [0, 0.05) is 37.8 Å². The number of nitrogens with zero attached hydrogens (tertiary/aromatic N) is 4. The number of likely N-dealkylation sites (tertiary alicyclic amines) is 1. The molecule has 0 spiro atoms. The molecule has 2 saturated heterocycles. The molecule has 0 saturated carbocycles. The van der Waals surface area contributed by atoms with Crippen LogP contribution >= 0.6 is 0 Å². The molecule has 178 valence electrons. The molecule has 5 nitrogen and oxygen atoms in total. The zero-order valence-corrected chi connectivity index (χ0v) is 20.3. The lowest BCUT2D eigenvalue weighted by Gasteiger charge is -2.36. The molecule has 2 aliphatic heterocycles. The normalized spacial score (nSPS) is 22.3. The highest BCUT2D eigenvalue weighted by molar-refractivity contribution is 5.53. The second-order valence-electron chi connectivity index (χ2n) is 10.2. The number of nitrogens with one attached hydrogen (secondary N) is 1. The van der Waals surface area contributed by atoms with Gasteiger partial charge >= 0.3 is 0 Å². The van der Waals surface area contributed by atoms with E-state index < -0.39 is 0 Å². The molecule has 0 amide bonds. The van der Waals surface area contributed by atoms with Gasteiger partial charge in [0.1, 0.15) is 5.82 Å². The van der Waals surface area contributed by atoms with Crippen molar-refractivity contribution in [3.8, 4) is 0 Å². The number of rotatable bonds is 6. The molecule has 1 aromatic heterocycles. The molecule has 0 radical (unpaired) electrons. The molecule has 0 bridgehead atoms. The Hall–Kier alpha value is -2.14. The van der Waals surface area contributed by atoms with Crippen molar-refractivity contribution < 1.29 is 0 Å². The molecular weight excluding hydrogens is 406 g/mol. The predicted molar refractivity (Wildman–Crippen MR) is 137 cm³/mol. The van der Waals surface area contributed by atoms with Crippen LogP contribution in [0.3, 0.4) is 0 Å². The highest BCUT2D eigenvalue weighted by Gasteiger charge is 2.25. The van der Waals surface area contributed by atoms with E-state index in [1.165, 1.54) is 93.4 Å². The minimum Gasteiger partial charge on any atom is -0.356 e. The van der Waals surface area contributed by atoms with E-state index in [-0.39, 0.29) is 0 Å². The number of fused-ring (bicyclic) bond motifs is 1. The molecule has 1 unspecified atom stereocenters. The van der Waals surface area contributed by atoms with E-state index >= 15 is 0 Å². The zero-order chi connectivity index (χ0) is 22.3. The molecule has 5 heteroatoms. The number of hydrogen-bond acceptors (Lipinski definition) is 5. The fourth-order valence-electron chi connectivity index (χ4n) is 5.90. The fraction of sp³-hybridized carbons (Fsp3) is 0.643. The topological polar surface area (TPSA) is 44.3 Å². The van der Waals surface area contributed by atoms with E-state index in [1.54, 1.807) is 0 Å². The number of benzene rings is 1. The molecule has 2 fully saturated rings. The zero-order valence-electron chi connectivity index (χ0n) is 20.3. The van der Waals surface area contributed by atoms with Crippen LogP contribution in [0.2, 0.25) is 0 Å². The Balaban J connectivity index is 1.33. The van der Waals surface area contributed by atoms with Crippen LogP contribution in [0, 0.1) is 0 Å². The number of piperidine rings is 1. The van der Waals surface area contributed by atoms with Crippen molar-refractivity contribution in [2.45, 2.75) is 89.6 Å². The largest absolute Gasteiger partial charge is 0.356 e. The number of aromatic nitrogens is 2. The van der Waals surface area contributed by atoms with Gasteiger partial charge in [-0.1, -0.05) is 56.0 Å². The highest BCUT2D eigenvalue weighted by atomic mass is 15.2. The minimum absolute atomic E-state index is 0.544. The van der Waals surface area contributed by atoms with Gasteiger partial charge in [0.2, 0.25) is 5.95 Å². The van der Waals surface area contributed by atoms with Gasteiger partial charge in [0.25, 0.3) is 0 Å². The van der Waals surface area contributed by atoms with E-state index in [0.717, 1.165) is 45.0 Å². The van der Waals surface area contributed by atoms with Gasteiger partial charge in [-0.25, -0.2) is 4.98 Å². The van der Waals surface area contributed by atoms with Crippen LogP contribution in [0.15, 0.2) is 30.3 Å². The first-order chi connectivity index (χ1) is 16.4. The van der Waals surface area contributed by atoms with Gasteiger partial charge in [-0.15, -0.1) is 0 Å². The lowest BCUT2D eigenvalue weighted by atomic mass is 10.0. The smallest absolute Gasteiger partial charge is 0.224 e. The van der Waals surface area contributed by atoms with Crippen LogP contribution < -0.4 is 10.2 Å². The number of hydrogen-bond donors (Lipinski definition) is 1. The Morgan fingerprint density at radius 3 is 2.39 bits per heavy atom. The van der Waals surface area contributed by atoms with Crippen molar-refractivity contribution in [1.82, 2.24) is 14.9 Å². The summed E-state index contributed by atoms with van der Waals surface area (Å²) in [4.78, 5) is 15.5. The maximum atomic E-state index is 5.17. The second kappa shape index (κ2) is 11.3. The first kappa shape index (κ1) is 22.6. The van der Waals surface area contributed by atoms with Crippen molar-refractivity contribution in [2.24, 2.45) is 0 Å². The molecule has 1 aliphatic carbocycles. The Kier molecular flexibility index (Phi) is 7.77. The van der Waals surface area contributed by atoms with E-state index in [1.807, 2.05) is 0 Å². The Morgan fingerprint density at radius 1 is 0.788 bits per heavy atom. The van der Waals surface area contributed by atoms with Crippen LogP contribution in [0.1, 0.15) is 81.0 Å². The third-order valence-electron chi connectivity index (χ3n) is 7.79. The van der Waals surface area contributed by atoms with Gasteiger partial charge in [0.05, 0.1) is 5.69 Å². The number of aryl methyl sites for hydroxylation is 1. The van der Waals surface area contributed by atoms with Gasteiger partial charge in [-0.05, 0) is 63.5 Å². The molecule has 1 N–H and O–H groups in total. The van der Waals surface area contributed by atoms with Crippen molar-refractivity contribution in [2.75, 3.05) is 36.4 Å². The summed E-state index contributed by atoms with van der Waals surface area (Å²) in [6.45, 7) is 5.46. The summed E-state index contributed by atoms with van der Waals surface area (Å²) in [6.07, 6.45) is 15.3. The first-order valence-electron chi connectivity index (χ1n) is 13.5. The van der Waals surface area contributed by atoms with Gasteiger partial charge in [-0.3, -0.25) is 4.90 Å². The predicted octanol–water partition coefficient (Wildman–Crippen LogP) is 5.59. The number of anilines is 2. The monoisotopic (exact) mass is 447 g/mol. The SMILES string of the molecule is c1ccc(CN2CCCCC2CNc2nc3c(c(N4CCCCCC4)n2)CCCCC3)cc1. The molecule has 5 rings (SSSR count). The van der Waals surface area contributed by atoms with Crippen LogP contribution in [0.4, 0.5) is 11.8 Å². The minimum atomic E-state index is 0.544. The molecular formula is C28H41N5. The van der Waals surface area contributed by atoms with E-state index in [2.05, 4.69) is 45.4 Å². The summed E-state index contributed by atoms with van der Waals surface area (Å²) in [6, 6.07) is 11.5. The molecule has 1 atom stereocenters. The van der Waals surface area contributed by atoms with Crippen LogP contribution in [0.5, 0.6) is 0 Å². The lowest BCUT2D eigenvalue weighted by molar-refractivity contribution is 0.148. The highest BCUT2D eigenvalue weighted by Crippen LogP contribution is 2.30. The van der Waals surface area contributed by atoms with Crippen LogP contribution in [0.25, 0.3) is 0 Å². The standard InChI is InChI=1S/C28H41N5/c1-2-11-19-32(18-10-1)27-25-16-7-4-8-17-26(25)30-28(31-27)29-21-24-15-9-12-20-33(24)22-23-13-5-3-6-14-23/h3,5-6,13-14,24H,1-2,4,7-12,15-22H2,(H,29,30,31). The van der Waals surface area contributed by atoms with Crippen molar-refractivity contribution in [3.63, 3.8) is 0 Å². The second-order valence-corrected chi connectivity index (χ2v) is 10.2. The Morgan fingerprint density at radius 2 is 1.55 bits per heavy atom. The summed E-state index contributed by atoms with van der Waals surface area (Å²) in [7, 11) is 0. The van der Waals surface area contributed by atoms with Crippen molar-refractivity contribution >= 4 is 11.8 Å². The third kappa shape index (κ3) is 5.87. The molecule has 3 heterocycles. The molecule has 1 aromatic carbocycles. The van der Waals surface area contributed by atoms with E-state index in [9.17, 15) is 0 Å². The molecule has 3 aliphatic rings. The van der Waals surface area contributed by atoms with Gasteiger partial charge in [0.15, 0.2) is 0 Å². The van der Waals surface area contributed by atoms with Crippen molar-refractivity contribution in [3.05, 3.63) is 47.2 Å². The average Bonchev–Trinajstić information content (AvgIpc) is 3.27. The fourth-order valence-corrected chi connectivity index (χ4v) is 5.90. The van der Waals surface area contributed by atoms with E-state index in [4.69, 9.17) is 9.97 Å². The molecule has 2 aromatic rings. The quantitative estimate of drug-likeness (QED) is 0.585. The van der Waals surface area contributed by atoms with Gasteiger partial charge < -0.3 is 10.2 Å². The molecule has 33 heavy (non-hydrogen) atoms. The van der Waals surface area contributed by atoms with Crippen LogP contribution in [-0.4, -0.2) is 47.1 Å². The summed E-state index contributed by atoms with van der Waals surface area (Å²) in [5, 5.41) is 3.71. The Bertz CT molecular complexity index is 875. The summed E-state index contributed by atoms with van der Waals surface area (Å²) in [5.74, 6) is 2.11. The van der Waals surface area contributed by atoms with Crippen molar-refractivity contribution in [1.29, 1.82) is 0 Å². The Labute approximate surface area is 200 Å². The maximum Gasteiger partial charge on any atom is 0.224 e. The average molecular weight is 448 g/mol. The summed E-state index contributed by atoms with van der Waals surface area (Å²) < 4.78 is 0. The maximum absolute atomic E-state index is 5.17.